The largest absolute Gasteiger partial charge is 0.487 e. The van der Waals surface area contributed by atoms with Gasteiger partial charge in [0.2, 0.25) is 10.0 Å². The highest BCUT2D eigenvalue weighted by Crippen LogP contribution is 2.62. The highest BCUT2D eigenvalue weighted by atomic mass is 35.5. The zero-order valence-corrected chi connectivity index (χ0v) is 34.6. The molecule has 1 amide bonds. The smallest absolute Gasteiger partial charge is 0.264 e. The molecule has 11 nitrogen and oxygen atoms in total. The zero-order chi connectivity index (χ0) is 38.7. The molecule has 0 aromatic heterocycles. The van der Waals surface area contributed by atoms with Crippen LogP contribution in [0.25, 0.3) is 0 Å². The van der Waals surface area contributed by atoms with E-state index < -0.39 is 36.6 Å². The molecule has 55 heavy (non-hydrogen) atoms. The Morgan fingerprint density at radius 3 is 2.56 bits per heavy atom. The zero-order valence-electron chi connectivity index (χ0n) is 32.2. The molecule has 8 rings (SSSR count). The average molecular weight is 815 g/mol. The minimum atomic E-state index is -4.02. The minimum absolute atomic E-state index is 0.00311. The van der Waals surface area contributed by atoms with Gasteiger partial charge in [-0.25, -0.2) is 21.6 Å². The number of piperazine rings is 1. The number of ether oxygens (including phenoxy) is 2. The number of benzene rings is 2. The van der Waals surface area contributed by atoms with Gasteiger partial charge in [-0.15, -0.1) is 0 Å². The van der Waals surface area contributed by atoms with E-state index in [2.05, 4.69) is 25.5 Å². The summed E-state index contributed by atoms with van der Waals surface area (Å²) in [6.45, 7) is 10.9. The van der Waals surface area contributed by atoms with E-state index in [4.69, 9.17) is 21.1 Å². The van der Waals surface area contributed by atoms with Crippen molar-refractivity contribution < 1.29 is 31.1 Å². The van der Waals surface area contributed by atoms with Crippen molar-refractivity contribution in [1.82, 2.24) is 14.5 Å². The van der Waals surface area contributed by atoms with Gasteiger partial charge in [-0.05, 0) is 117 Å². The van der Waals surface area contributed by atoms with Crippen LogP contribution in [0.4, 0.5) is 5.69 Å². The van der Waals surface area contributed by atoms with Crippen LogP contribution in [0.3, 0.4) is 0 Å². The molecule has 4 heterocycles. The molecule has 14 heteroatoms. The quantitative estimate of drug-likeness (QED) is 0.420. The lowest BCUT2D eigenvalue weighted by atomic mass is 9.68. The second-order valence-corrected chi connectivity index (χ2v) is 21.4. The maximum absolute atomic E-state index is 13.7. The minimum Gasteiger partial charge on any atom is -0.487 e. The van der Waals surface area contributed by atoms with E-state index in [1.165, 1.54) is 11.1 Å². The number of nitrogens with one attached hydrogen (secondary N) is 1. The molecule has 2 aromatic carbocycles. The van der Waals surface area contributed by atoms with E-state index >= 15 is 0 Å². The number of amides is 1. The molecule has 2 saturated heterocycles. The van der Waals surface area contributed by atoms with E-state index in [0.29, 0.717) is 49.4 Å². The van der Waals surface area contributed by atoms with Crippen LogP contribution in [0, 0.1) is 17.8 Å². The lowest BCUT2D eigenvalue weighted by molar-refractivity contribution is -0.0735. The molecular formula is C41H55ClN4O7S2. The van der Waals surface area contributed by atoms with Crippen LogP contribution in [0.5, 0.6) is 5.75 Å². The summed E-state index contributed by atoms with van der Waals surface area (Å²) in [4.78, 5) is 20.9. The second kappa shape index (κ2) is 15.2. The number of carbonyl (C=O) groups is 1. The summed E-state index contributed by atoms with van der Waals surface area (Å²) in [5, 5.41) is -0.133. The van der Waals surface area contributed by atoms with Crippen molar-refractivity contribution >= 4 is 43.1 Å². The molecule has 2 aliphatic carbocycles. The van der Waals surface area contributed by atoms with Gasteiger partial charge in [0.05, 0.1) is 28.5 Å². The van der Waals surface area contributed by atoms with E-state index in [9.17, 15) is 21.6 Å². The number of allylic oxidation sites excluding steroid dienone is 1. The molecule has 300 valence electrons. The Bertz CT molecular complexity index is 2060. The lowest BCUT2D eigenvalue weighted by Crippen LogP contribution is -2.61. The number of sulfone groups is 1. The van der Waals surface area contributed by atoms with Crippen LogP contribution in [0.2, 0.25) is 5.02 Å². The SMILES string of the molecule is CCO[C@]12/C(=C/C[C@H](C)[C@@H](C)S(=O)(=O)NC(=O)c3ccc4c(c3)N(CCCCc3cc(Cl)ccc3CO4)C[C@@H]3CC[C@H]31)C2N1CCN2CCS(=O)(=O)C[C@H]2C1. The predicted octanol–water partition coefficient (Wildman–Crippen LogP) is 5.07. The Hall–Kier alpha value is -2.68. The molecule has 1 N–H and O–H groups in total. The van der Waals surface area contributed by atoms with Gasteiger partial charge in [0.15, 0.2) is 9.84 Å². The molecule has 6 aliphatic rings. The Morgan fingerprint density at radius 2 is 1.78 bits per heavy atom. The third-order valence-corrected chi connectivity index (χ3v) is 17.3. The standard InChI is InChI=1S/C41H55ClN4O7S2/c1-4-53-41-35-14-10-31(35)23-45-16-6-5-7-29-21-33(42)12-9-32(29)25-52-38-15-11-30(22-37(38)45)40(47)43-55(50,51)28(3)27(2)8-13-36(41)39(41)46-18-17-44-19-20-54(48,49)26-34(44)24-46/h9,11-13,15,21-22,27-28,31,34-35,39H,4-8,10,14,16-20,23-26H2,1-3H3,(H,43,47)/b36-13+/t27-,28+,31-,34+,35+,39?,41-/m0/s1. The maximum Gasteiger partial charge on any atom is 0.264 e. The van der Waals surface area contributed by atoms with Crippen LogP contribution in [0.1, 0.15) is 74.4 Å². The van der Waals surface area contributed by atoms with E-state index in [1.807, 2.05) is 32.0 Å². The number of rotatable bonds is 3. The van der Waals surface area contributed by atoms with Gasteiger partial charge in [0.25, 0.3) is 5.91 Å². The number of carbonyl (C=O) groups excluding carboxylic acids is 1. The molecule has 0 radical (unpaired) electrons. The molecule has 7 atom stereocenters. The number of hydrogen-bond acceptors (Lipinski definition) is 10. The summed E-state index contributed by atoms with van der Waals surface area (Å²) < 4.78 is 68.9. The predicted molar refractivity (Wildman–Crippen MR) is 215 cm³/mol. The number of anilines is 1. The van der Waals surface area contributed by atoms with E-state index in [1.54, 1.807) is 25.1 Å². The van der Waals surface area contributed by atoms with Gasteiger partial charge < -0.3 is 14.4 Å². The van der Waals surface area contributed by atoms with Crippen molar-refractivity contribution in [2.75, 3.05) is 62.3 Å². The molecule has 2 saturated carbocycles. The van der Waals surface area contributed by atoms with Crippen LogP contribution >= 0.6 is 11.6 Å². The second-order valence-electron chi connectivity index (χ2n) is 16.7. The van der Waals surface area contributed by atoms with Crippen molar-refractivity contribution in [3.8, 4) is 5.75 Å². The molecule has 1 unspecified atom stereocenters. The van der Waals surface area contributed by atoms with Crippen LogP contribution in [-0.2, 0) is 37.6 Å². The fourth-order valence-electron chi connectivity index (χ4n) is 10.0. The normalized spacial score (nSPS) is 34.7. The van der Waals surface area contributed by atoms with Crippen LogP contribution < -0.4 is 14.4 Å². The first-order chi connectivity index (χ1) is 26.3. The number of nitrogens with zero attached hydrogens (tertiary/aromatic N) is 3. The van der Waals surface area contributed by atoms with Crippen molar-refractivity contribution in [3.63, 3.8) is 0 Å². The summed E-state index contributed by atoms with van der Waals surface area (Å²) in [5.41, 5.74) is 3.96. The van der Waals surface area contributed by atoms with Crippen molar-refractivity contribution in [1.29, 1.82) is 0 Å². The van der Waals surface area contributed by atoms with Crippen molar-refractivity contribution in [2.24, 2.45) is 17.8 Å². The monoisotopic (exact) mass is 814 g/mol. The van der Waals surface area contributed by atoms with Gasteiger partial charge in [-0.2, -0.15) is 0 Å². The first-order valence-electron chi connectivity index (χ1n) is 20.2. The summed E-state index contributed by atoms with van der Waals surface area (Å²) in [6, 6.07) is 11.1. The third kappa shape index (κ3) is 7.58. The molecular weight excluding hydrogens is 760 g/mol. The first kappa shape index (κ1) is 39.2. The fourth-order valence-corrected chi connectivity index (χ4v) is 13.1. The Balaban J connectivity index is 1.18. The lowest BCUT2D eigenvalue weighted by Gasteiger charge is -2.47. The topological polar surface area (TPSA) is 126 Å². The number of halogens is 1. The number of aryl methyl sites for hydroxylation is 1. The van der Waals surface area contributed by atoms with Crippen LogP contribution in [-0.4, -0.2) is 113 Å². The van der Waals surface area contributed by atoms with Crippen molar-refractivity contribution in [2.45, 2.75) is 88.8 Å². The molecule has 4 aliphatic heterocycles. The highest BCUT2D eigenvalue weighted by Gasteiger charge is 2.70. The maximum atomic E-state index is 13.7. The fraction of sp³-hybridized carbons (Fsp3) is 0.634. The average Bonchev–Trinajstić information content (AvgIpc) is 3.76. The van der Waals surface area contributed by atoms with E-state index in [0.717, 1.165) is 69.5 Å². The van der Waals surface area contributed by atoms with Gasteiger partial charge in [0, 0.05) is 62.5 Å². The van der Waals surface area contributed by atoms with Gasteiger partial charge in [-0.1, -0.05) is 30.7 Å². The number of sulfonamides is 1. The van der Waals surface area contributed by atoms with Crippen LogP contribution in [0.15, 0.2) is 48.0 Å². The molecule has 2 aromatic rings. The molecule has 4 fully saturated rings. The molecule has 0 spiro atoms. The Kier molecular flexibility index (Phi) is 10.9. The highest BCUT2D eigenvalue weighted by molar-refractivity contribution is 7.91. The number of fused-ring (bicyclic) bond motifs is 6. The third-order valence-electron chi connectivity index (χ3n) is 13.5. The van der Waals surface area contributed by atoms with Gasteiger partial charge in [0.1, 0.15) is 18.0 Å². The van der Waals surface area contributed by atoms with Gasteiger partial charge in [-0.3, -0.25) is 14.6 Å². The Morgan fingerprint density at radius 1 is 0.964 bits per heavy atom. The van der Waals surface area contributed by atoms with E-state index in [-0.39, 0.29) is 41.0 Å². The van der Waals surface area contributed by atoms with Crippen molar-refractivity contribution in [3.05, 3.63) is 69.8 Å². The first-order valence-corrected chi connectivity index (χ1v) is 23.9. The summed E-state index contributed by atoms with van der Waals surface area (Å²) in [7, 11) is -7.11. The number of hydrogen-bond donors (Lipinski definition) is 1. The summed E-state index contributed by atoms with van der Waals surface area (Å²) in [6.07, 6.45) is 7.50. The summed E-state index contributed by atoms with van der Waals surface area (Å²) in [5.74, 6) is 0.636. The van der Waals surface area contributed by atoms with Gasteiger partial charge >= 0.3 is 0 Å². The molecule has 2 bridgehead atoms. The summed E-state index contributed by atoms with van der Waals surface area (Å²) >= 11 is 6.41. The Labute approximate surface area is 331 Å².